The molecular weight excluding hydrogens is 433 g/mol. The number of amides is 1. The van der Waals surface area contributed by atoms with Crippen LogP contribution in [0.25, 0.3) is 0 Å². The minimum atomic E-state index is -2.78. The monoisotopic (exact) mass is 467 g/mol. The molecule has 1 saturated heterocycles. The van der Waals surface area contributed by atoms with Crippen LogP contribution in [0.4, 0.5) is 0 Å². The third-order valence-corrected chi connectivity index (χ3v) is 12.4. The second-order valence-electron chi connectivity index (χ2n) is 9.97. The molecule has 0 aliphatic carbocycles. The molecule has 30 heavy (non-hydrogen) atoms. The van der Waals surface area contributed by atoms with E-state index in [2.05, 4.69) is 33.9 Å². The Kier molecular flexibility index (Phi) is 6.69. The van der Waals surface area contributed by atoms with Gasteiger partial charge in [0.2, 0.25) is 19.2 Å². The van der Waals surface area contributed by atoms with E-state index in [1.807, 2.05) is 30.3 Å². The Balaban J connectivity index is 1.70. The fourth-order valence-corrected chi connectivity index (χ4v) is 6.29. The largest absolute Gasteiger partial charge is 0.426 e. The van der Waals surface area contributed by atoms with Crippen molar-refractivity contribution in [1.82, 2.24) is 4.90 Å². The van der Waals surface area contributed by atoms with Crippen LogP contribution in [-0.4, -0.2) is 45.1 Å². The van der Waals surface area contributed by atoms with Gasteiger partial charge in [0.25, 0.3) is 0 Å². The first kappa shape index (κ1) is 23.6. The highest BCUT2D eigenvalue weighted by Gasteiger charge is 2.55. The van der Waals surface area contributed by atoms with Gasteiger partial charge in [-0.1, -0.05) is 50.7 Å². The normalized spacial score (nSPS) is 22.2. The van der Waals surface area contributed by atoms with Crippen LogP contribution in [0.1, 0.15) is 33.6 Å². The molecule has 0 spiro atoms. The molecule has 0 bridgehead atoms. The Hall–Kier alpha value is -1.01. The number of thioether (sulfide) groups is 1. The number of β-lactam (4-membered cyclic amide) rings is 1. The fourth-order valence-electron chi connectivity index (χ4n) is 3.49. The van der Waals surface area contributed by atoms with Crippen LogP contribution in [0.15, 0.2) is 46.0 Å². The Labute approximate surface area is 186 Å². The Morgan fingerprint density at radius 3 is 2.40 bits per heavy atom. The van der Waals surface area contributed by atoms with Gasteiger partial charge in [0.1, 0.15) is 0 Å². The van der Waals surface area contributed by atoms with Crippen molar-refractivity contribution in [3.63, 3.8) is 0 Å². The van der Waals surface area contributed by atoms with Crippen LogP contribution in [0.5, 0.6) is 0 Å². The predicted molar refractivity (Wildman–Crippen MR) is 126 cm³/mol. The number of rotatable bonds is 8. The lowest BCUT2D eigenvalue weighted by molar-refractivity contribution is -0.154. The highest BCUT2D eigenvalue weighted by atomic mass is 32.2. The van der Waals surface area contributed by atoms with Crippen molar-refractivity contribution in [1.29, 1.82) is 0 Å². The molecule has 2 aliphatic rings. The van der Waals surface area contributed by atoms with Crippen LogP contribution < -0.4 is 0 Å². The van der Waals surface area contributed by atoms with Crippen molar-refractivity contribution >= 4 is 33.4 Å². The molecule has 0 saturated carbocycles. The average Bonchev–Trinajstić information content (AvgIpc) is 2.91. The molecule has 8 heteroatoms. The van der Waals surface area contributed by atoms with E-state index in [0.29, 0.717) is 12.5 Å². The van der Waals surface area contributed by atoms with E-state index < -0.39 is 15.7 Å². The van der Waals surface area contributed by atoms with E-state index in [1.165, 1.54) is 0 Å². The van der Waals surface area contributed by atoms with Crippen molar-refractivity contribution in [2.75, 3.05) is 19.9 Å². The van der Waals surface area contributed by atoms with Gasteiger partial charge < -0.3 is 8.95 Å². The third-order valence-electron chi connectivity index (χ3n) is 6.19. The van der Waals surface area contributed by atoms with Gasteiger partial charge in [-0.15, -0.1) is 0 Å². The van der Waals surface area contributed by atoms with Gasteiger partial charge in [-0.05, 0) is 36.7 Å². The summed E-state index contributed by atoms with van der Waals surface area (Å²) in [4.78, 5) is 16.8. The van der Waals surface area contributed by atoms with E-state index in [0.717, 1.165) is 22.6 Å². The minimum absolute atomic E-state index is 0.0599. The highest BCUT2D eigenvalue weighted by molar-refractivity contribution is 8.03. The highest BCUT2D eigenvalue weighted by Crippen LogP contribution is 2.53. The van der Waals surface area contributed by atoms with Gasteiger partial charge in [-0.3, -0.25) is 14.3 Å². The summed E-state index contributed by atoms with van der Waals surface area (Å²) in [5, 5.41) is 0.154. The van der Waals surface area contributed by atoms with Gasteiger partial charge in [-0.25, -0.2) is 0 Å². The number of hydrogen-bond donors (Lipinski definition) is 0. The fraction of sp³-hybridized carbons (Fsp3) is 0.591. The summed E-state index contributed by atoms with van der Waals surface area (Å²) in [6.07, 6.45) is 1.46. The molecule has 0 aromatic heterocycles. The summed E-state index contributed by atoms with van der Waals surface area (Å²) in [6.45, 7) is 14.9. The van der Waals surface area contributed by atoms with Crippen molar-refractivity contribution in [3.05, 3.63) is 41.1 Å². The number of benzene rings is 1. The van der Waals surface area contributed by atoms with Crippen molar-refractivity contribution in [2.24, 2.45) is 5.92 Å². The molecule has 5 nitrogen and oxygen atoms in total. The van der Waals surface area contributed by atoms with E-state index in [1.54, 1.807) is 30.0 Å². The molecule has 1 aromatic rings. The SMILES string of the molecule is CC(C)(C)[Si](C)(C)OCC[C@@H]1C(=O)N2C(OP(C)(C)=O)=C(Sc3ccccc3)C[C@H]12. The van der Waals surface area contributed by atoms with E-state index in [4.69, 9.17) is 8.95 Å². The van der Waals surface area contributed by atoms with Gasteiger partial charge in [0.15, 0.2) is 8.32 Å². The van der Waals surface area contributed by atoms with Gasteiger partial charge in [-0.2, -0.15) is 0 Å². The average molecular weight is 468 g/mol. The summed E-state index contributed by atoms with van der Waals surface area (Å²) in [5.41, 5.74) is 0. The van der Waals surface area contributed by atoms with Gasteiger partial charge in [0, 0.05) is 31.3 Å². The molecule has 166 valence electrons. The molecule has 2 aliphatic heterocycles. The van der Waals surface area contributed by atoms with Crippen molar-refractivity contribution in [2.45, 2.75) is 62.7 Å². The van der Waals surface area contributed by atoms with Gasteiger partial charge >= 0.3 is 0 Å². The first-order valence-corrected chi connectivity index (χ1v) is 16.7. The first-order valence-electron chi connectivity index (χ1n) is 10.5. The summed E-state index contributed by atoms with van der Waals surface area (Å²) < 4.78 is 24.5. The Bertz CT molecular complexity index is 875. The summed E-state index contributed by atoms with van der Waals surface area (Å²) in [5.74, 6) is 0.495. The summed E-state index contributed by atoms with van der Waals surface area (Å²) in [6, 6.07) is 10.1. The van der Waals surface area contributed by atoms with E-state index in [-0.39, 0.29) is 22.9 Å². The second kappa shape index (κ2) is 8.49. The lowest BCUT2D eigenvalue weighted by Crippen LogP contribution is -2.58. The lowest BCUT2D eigenvalue weighted by atomic mass is 9.85. The number of carbonyl (C=O) groups excluding carboxylic acids is 1. The molecule has 0 N–H and O–H groups in total. The second-order valence-corrected chi connectivity index (χ2v) is 18.6. The lowest BCUT2D eigenvalue weighted by Gasteiger charge is -2.44. The molecule has 1 fully saturated rings. The smallest absolute Gasteiger partial charge is 0.243 e. The van der Waals surface area contributed by atoms with Crippen LogP contribution in [-0.2, 0) is 18.3 Å². The maximum absolute atomic E-state index is 13.0. The molecule has 2 atom stereocenters. The maximum atomic E-state index is 13.0. The Morgan fingerprint density at radius 1 is 1.20 bits per heavy atom. The molecule has 0 unspecified atom stereocenters. The van der Waals surface area contributed by atoms with Crippen LogP contribution in [0.2, 0.25) is 18.1 Å². The zero-order valence-corrected chi connectivity index (χ0v) is 21.8. The van der Waals surface area contributed by atoms with Crippen molar-refractivity contribution < 1.29 is 18.3 Å². The molecule has 2 heterocycles. The minimum Gasteiger partial charge on any atom is -0.426 e. The molecular formula is C22H34NO4PSSi. The summed E-state index contributed by atoms with van der Waals surface area (Å²) in [7, 11) is -4.61. The first-order chi connectivity index (χ1) is 13.8. The van der Waals surface area contributed by atoms with E-state index in [9.17, 15) is 9.36 Å². The number of carbonyl (C=O) groups is 1. The van der Waals surface area contributed by atoms with Crippen LogP contribution in [0.3, 0.4) is 0 Å². The third kappa shape index (κ3) is 5.06. The zero-order valence-electron chi connectivity index (χ0n) is 19.1. The van der Waals surface area contributed by atoms with Gasteiger partial charge in [0.05, 0.1) is 16.9 Å². The number of nitrogens with zero attached hydrogens (tertiary/aromatic N) is 1. The molecule has 3 rings (SSSR count). The quantitative estimate of drug-likeness (QED) is 0.261. The molecule has 1 aromatic carbocycles. The van der Waals surface area contributed by atoms with Crippen LogP contribution in [0, 0.1) is 5.92 Å². The molecule has 0 radical (unpaired) electrons. The topological polar surface area (TPSA) is 55.8 Å². The zero-order chi connectivity index (χ0) is 22.3. The molecule has 1 amide bonds. The standard InChI is InChI=1S/C22H34NO4PSSi/c1-22(2,3)30(6,7)26-14-13-17-18-15-19(29-16-11-9-8-10-12-16)21(23(18)20(17)24)27-28(4,5)25/h8-12,17-18H,13-15H2,1-7H3/t17-,18+/m0/s1. The van der Waals surface area contributed by atoms with Crippen molar-refractivity contribution in [3.8, 4) is 0 Å². The maximum Gasteiger partial charge on any atom is 0.243 e. The summed E-state index contributed by atoms with van der Waals surface area (Å²) >= 11 is 1.60. The van der Waals surface area contributed by atoms with Crippen LogP contribution >= 0.6 is 19.1 Å². The number of hydrogen-bond acceptors (Lipinski definition) is 5. The Morgan fingerprint density at radius 2 is 1.83 bits per heavy atom. The van der Waals surface area contributed by atoms with E-state index >= 15 is 0 Å². The number of fused-ring (bicyclic) bond motifs is 1. The predicted octanol–water partition coefficient (Wildman–Crippen LogP) is 6.14.